The second kappa shape index (κ2) is 5.36. The number of aromatic hydroxyl groups is 1. The third-order valence-electron chi connectivity index (χ3n) is 3.86. The monoisotopic (exact) mass is 301 g/mol. The second-order valence-corrected chi connectivity index (χ2v) is 5.41. The molecule has 0 amide bonds. The fraction of sp³-hybridized carbons (Fsp3) is 0.375. The summed E-state index contributed by atoms with van der Waals surface area (Å²) < 4.78 is 9.62. The first-order valence-electron chi connectivity index (χ1n) is 7.61. The van der Waals surface area contributed by atoms with Gasteiger partial charge in [-0.15, -0.1) is 0 Å². The van der Waals surface area contributed by atoms with E-state index in [2.05, 4.69) is 4.98 Å². The summed E-state index contributed by atoms with van der Waals surface area (Å²) in [5, 5.41) is 9.99. The van der Waals surface area contributed by atoms with E-state index in [1.54, 1.807) is 0 Å². The van der Waals surface area contributed by atoms with Crippen LogP contribution in [0.1, 0.15) is 38.9 Å². The van der Waals surface area contributed by atoms with Crippen molar-refractivity contribution in [2.24, 2.45) is 0 Å². The van der Waals surface area contributed by atoms with Crippen molar-refractivity contribution in [3.8, 4) is 5.75 Å². The van der Waals surface area contributed by atoms with Crippen LogP contribution in [-0.2, 0) is 9.59 Å². The van der Waals surface area contributed by atoms with Crippen LogP contribution in [0.2, 0.25) is 0 Å². The summed E-state index contributed by atoms with van der Waals surface area (Å²) >= 11 is 0. The SMILES string of the molecule is [2H]C1(n2c(C)nc3c(O)cccc3c2=O)CCCC(=O)CC1=O. The standard InChI is InChI=1S/C16H16N2O4/c1-9-17-15-11(5-3-7-13(15)20)16(22)18(9)12-6-2-4-10(19)8-14(12)21/h3,5,7,12,20H,2,4,6,8H2,1H3/i12D. The molecule has 1 unspecified atom stereocenters. The number of nitrogens with zero attached hydrogens (tertiary/aromatic N) is 2. The molecule has 1 aliphatic carbocycles. The number of hydrogen-bond donors (Lipinski definition) is 1. The van der Waals surface area contributed by atoms with Gasteiger partial charge in [-0.3, -0.25) is 19.0 Å². The van der Waals surface area contributed by atoms with E-state index in [9.17, 15) is 19.5 Å². The number of rotatable bonds is 1. The molecule has 1 atom stereocenters. The Morgan fingerprint density at radius 3 is 2.91 bits per heavy atom. The van der Waals surface area contributed by atoms with E-state index in [0.29, 0.717) is 6.42 Å². The Kier molecular flexibility index (Phi) is 3.21. The minimum absolute atomic E-state index is 0.0876. The van der Waals surface area contributed by atoms with Crippen LogP contribution in [0, 0.1) is 6.92 Å². The van der Waals surface area contributed by atoms with Crippen LogP contribution >= 0.6 is 0 Å². The third-order valence-corrected chi connectivity index (χ3v) is 3.86. The number of carbonyl (C=O) groups excluding carboxylic acids is 2. The molecular weight excluding hydrogens is 284 g/mol. The number of phenols is 1. The van der Waals surface area contributed by atoms with Crippen LogP contribution in [0.5, 0.6) is 5.75 Å². The van der Waals surface area contributed by atoms with Crippen LogP contribution in [0.15, 0.2) is 23.0 Å². The highest BCUT2D eigenvalue weighted by atomic mass is 16.3. The normalized spacial score (nSPS) is 23.4. The summed E-state index contributed by atoms with van der Waals surface area (Å²) in [6, 6.07) is 2.59. The molecule has 0 saturated heterocycles. The first-order valence-corrected chi connectivity index (χ1v) is 7.11. The Labute approximate surface area is 127 Å². The Bertz CT molecular complexity index is 890. The highest BCUT2D eigenvalue weighted by Crippen LogP contribution is 2.25. The van der Waals surface area contributed by atoms with Gasteiger partial charge in [-0.05, 0) is 31.9 Å². The fourth-order valence-corrected chi connectivity index (χ4v) is 2.82. The molecule has 1 heterocycles. The zero-order valence-corrected chi connectivity index (χ0v) is 12.1. The summed E-state index contributed by atoms with van der Waals surface area (Å²) in [4.78, 5) is 41.0. The summed E-state index contributed by atoms with van der Waals surface area (Å²) in [6.07, 6.45) is 0.359. The molecule has 0 aliphatic heterocycles. The van der Waals surface area contributed by atoms with Gasteiger partial charge in [0.2, 0.25) is 0 Å². The maximum atomic E-state index is 12.8. The summed E-state index contributed by atoms with van der Waals surface area (Å²) in [6.45, 7) is 1.52. The van der Waals surface area contributed by atoms with E-state index in [0.717, 1.165) is 4.57 Å². The largest absolute Gasteiger partial charge is 0.506 e. The summed E-state index contributed by atoms with van der Waals surface area (Å²) in [5.74, 6) is -0.759. The van der Waals surface area contributed by atoms with Crippen molar-refractivity contribution in [1.29, 1.82) is 0 Å². The van der Waals surface area contributed by atoms with Crippen molar-refractivity contribution in [3.05, 3.63) is 34.4 Å². The highest BCUT2D eigenvalue weighted by Gasteiger charge is 2.28. The molecule has 1 N–H and O–H groups in total. The fourth-order valence-electron chi connectivity index (χ4n) is 2.82. The van der Waals surface area contributed by atoms with Crippen LogP contribution in [0.4, 0.5) is 0 Å². The van der Waals surface area contributed by atoms with Crippen molar-refractivity contribution < 1.29 is 16.1 Å². The van der Waals surface area contributed by atoms with Gasteiger partial charge in [0, 0.05) is 6.42 Å². The van der Waals surface area contributed by atoms with Crippen LogP contribution in [0.3, 0.4) is 0 Å². The number of aryl methyl sites for hydroxylation is 1. The maximum Gasteiger partial charge on any atom is 0.262 e. The van der Waals surface area contributed by atoms with Gasteiger partial charge in [0.25, 0.3) is 5.56 Å². The van der Waals surface area contributed by atoms with Crippen LogP contribution < -0.4 is 5.56 Å². The molecule has 1 aromatic carbocycles. The van der Waals surface area contributed by atoms with E-state index in [1.165, 1.54) is 25.1 Å². The average Bonchev–Trinajstić information content (AvgIpc) is 2.60. The van der Waals surface area contributed by atoms with Crippen LogP contribution in [0.25, 0.3) is 10.9 Å². The lowest BCUT2D eigenvalue weighted by Gasteiger charge is -2.19. The molecule has 1 aromatic heterocycles. The molecule has 3 rings (SSSR count). The maximum absolute atomic E-state index is 12.8. The molecule has 6 nitrogen and oxygen atoms in total. The van der Waals surface area contributed by atoms with Gasteiger partial charge >= 0.3 is 0 Å². The zero-order chi connectivity index (χ0) is 16.8. The Balaban J connectivity index is 2.29. The number of Topliss-reactive ketones (excluding diaryl/α,β-unsaturated/α-hetero) is 2. The molecule has 1 aliphatic rings. The quantitative estimate of drug-likeness (QED) is 0.639. The molecule has 0 spiro atoms. The topological polar surface area (TPSA) is 89.3 Å². The number of benzene rings is 1. The van der Waals surface area contributed by atoms with Crippen molar-refractivity contribution in [2.45, 2.75) is 38.6 Å². The average molecular weight is 301 g/mol. The molecular formula is C16H16N2O4. The van der Waals surface area contributed by atoms with E-state index < -0.39 is 17.4 Å². The zero-order valence-electron chi connectivity index (χ0n) is 13.1. The predicted molar refractivity (Wildman–Crippen MR) is 79.9 cm³/mol. The number of phenolic OH excluding ortho intramolecular Hbond substituents is 1. The van der Waals surface area contributed by atoms with Gasteiger partial charge in [0.1, 0.15) is 22.9 Å². The third kappa shape index (κ3) is 2.30. The Morgan fingerprint density at radius 1 is 1.36 bits per heavy atom. The van der Waals surface area contributed by atoms with Crippen molar-refractivity contribution >= 4 is 22.5 Å². The van der Waals surface area contributed by atoms with Crippen molar-refractivity contribution in [1.82, 2.24) is 9.55 Å². The number of aromatic nitrogens is 2. The molecule has 22 heavy (non-hydrogen) atoms. The molecule has 1 fully saturated rings. The van der Waals surface area contributed by atoms with Gasteiger partial charge in [0.15, 0.2) is 5.78 Å². The van der Waals surface area contributed by atoms with Crippen molar-refractivity contribution in [3.63, 3.8) is 0 Å². The number of ketones is 2. The number of carbonyl (C=O) groups is 2. The Hall–Kier alpha value is -2.50. The molecule has 6 heteroatoms. The second-order valence-electron chi connectivity index (χ2n) is 5.41. The Morgan fingerprint density at radius 2 is 2.14 bits per heavy atom. The molecule has 0 bridgehead atoms. The summed E-state index contributed by atoms with van der Waals surface area (Å²) in [5.41, 5.74) is -0.409. The number of para-hydroxylation sites is 1. The van der Waals surface area contributed by atoms with Gasteiger partial charge in [-0.2, -0.15) is 0 Å². The lowest BCUT2D eigenvalue weighted by Crippen LogP contribution is -2.32. The minimum Gasteiger partial charge on any atom is -0.506 e. The predicted octanol–water partition coefficient (Wildman–Crippen LogP) is 1.66. The van der Waals surface area contributed by atoms with E-state index >= 15 is 0 Å². The molecule has 0 radical (unpaired) electrons. The highest BCUT2D eigenvalue weighted by molar-refractivity contribution is 6.01. The lowest BCUT2D eigenvalue weighted by molar-refractivity contribution is -0.127. The lowest BCUT2D eigenvalue weighted by atomic mass is 10.1. The minimum atomic E-state index is -1.83. The van der Waals surface area contributed by atoms with Gasteiger partial charge in [-0.1, -0.05) is 6.07 Å². The molecule has 114 valence electrons. The van der Waals surface area contributed by atoms with Crippen LogP contribution in [-0.4, -0.2) is 26.2 Å². The van der Waals surface area contributed by atoms with Crippen molar-refractivity contribution in [2.75, 3.05) is 0 Å². The number of fused-ring (bicyclic) bond motifs is 1. The molecule has 2 aromatic rings. The van der Waals surface area contributed by atoms with E-state index in [4.69, 9.17) is 1.37 Å². The van der Waals surface area contributed by atoms with E-state index in [-0.39, 0.29) is 47.5 Å². The molecule has 1 saturated carbocycles. The van der Waals surface area contributed by atoms with Gasteiger partial charge in [-0.25, -0.2) is 4.98 Å². The smallest absolute Gasteiger partial charge is 0.262 e. The first kappa shape index (κ1) is 13.2. The van der Waals surface area contributed by atoms with Gasteiger partial charge in [0.05, 0.1) is 19.2 Å². The number of hydrogen-bond acceptors (Lipinski definition) is 5. The van der Waals surface area contributed by atoms with Gasteiger partial charge < -0.3 is 5.11 Å². The summed E-state index contributed by atoms with van der Waals surface area (Å²) in [7, 11) is 0. The first-order chi connectivity index (χ1) is 10.8. The van der Waals surface area contributed by atoms with E-state index in [1.807, 2.05) is 0 Å².